The van der Waals surface area contributed by atoms with Crippen molar-refractivity contribution in [2.45, 2.75) is 44.8 Å². The van der Waals surface area contributed by atoms with Crippen molar-refractivity contribution in [3.8, 4) is 0 Å². The number of benzene rings is 1. The predicted molar refractivity (Wildman–Crippen MR) is 76.4 cm³/mol. The van der Waals surface area contributed by atoms with Crippen LogP contribution in [0.1, 0.15) is 39.2 Å². The van der Waals surface area contributed by atoms with Crippen LogP contribution in [0.3, 0.4) is 0 Å². The Hall–Kier alpha value is -1.26. The Bertz CT molecular complexity index is 505. The lowest BCUT2D eigenvalue weighted by Crippen LogP contribution is -2.27. The standard InChI is InChI=1S/C14H19ClN2O2/c1-13(2,3)19-12(18)17-9-4-5-11(15)10(8-9)14(16)6-7-14/h4-5,8H,6-7,16H2,1-3H3,(H,17,18). The Labute approximate surface area is 118 Å². The second-order valence-corrected chi connectivity index (χ2v) is 6.38. The molecule has 1 aromatic carbocycles. The molecule has 0 spiro atoms. The Balaban J connectivity index is 2.12. The molecule has 4 nitrogen and oxygen atoms in total. The molecular weight excluding hydrogens is 264 g/mol. The van der Waals surface area contributed by atoms with Crippen LogP contribution >= 0.6 is 11.6 Å². The van der Waals surface area contributed by atoms with E-state index in [4.69, 9.17) is 22.1 Å². The zero-order valence-electron chi connectivity index (χ0n) is 11.4. The Morgan fingerprint density at radius 3 is 2.58 bits per heavy atom. The van der Waals surface area contributed by atoms with E-state index in [0.717, 1.165) is 18.4 Å². The van der Waals surface area contributed by atoms with Gasteiger partial charge in [-0.3, -0.25) is 5.32 Å². The maximum atomic E-state index is 11.7. The van der Waals surface area contributed by atoms with Crippen LogP contribution in [-0.4, -0.2) is 11.7 Å². The summed E-state index contributed by atoms with van der Waals surface area (Å²) in [5, 5.41) is 3.32. The van der Waals surface area contributed by atoms with Gasteiger partial charge in [-0.25, -0.2) is 4.79 Å². The zero-order valence-corrected chi connectivity index (χ0v) is 12.2. The zero-order chi connectivity index (χ0) is 14.3. The molecule has 0 radical (unpaired) electrons. The third-order valence-corrected chi connectivity index (χ3v) is 3.27. The van der Waals surface area contributed by atoms with E-state index >= 15 is 0 Å². The predicted octanol–water partition coefficient (Wildman–Crippen LogP) is 3.63. The monoisotopic (exact) mass is 282 g/mol. The molecular formula is C14H19ClN2O2. The highest BCUT2D eigenvalue weighted by atomic mass is 35.5. The third-order valence-electron chi connectivity index (χ3n) is 2.94. The molecule has 0 unspecified atom stereocenters. The molecule has 104 valence electrons. The van der Waals surface area contributed by atoms with Gasteiger partial charge in [0.05, 0.1) is 0 Å². The molecule has 0 heterocycles. The highest BCUT2D eigenvalue weighted by Crippen LogP contribution is 2.46. The first-order valence-electron chi connectivity index (χ1n) is 6.29. The molecule has 0 atom stereocenters. The summed E-state index contributed by atoms with van der Waals surface area (Å²) in [5.74, 6) is 0. The first-order valence-corrected chi connectivity index (χ1v) is 6.66. The molecule has 5 heteroatoms. The van der Waals surface area contributed by atoms with Crippen LogP contribution in [0.2, 0.25) is 5.02 Å². The molecule has 1 fully saturated rings. The number of ether oxygens (including phenoxy) is 1. The molecule has 1 saturated carbocycles. The highest BCUT2D eigenvalue weighted by molar-refractivity contribution is 6.31. The van der Waals surface area contributed by atoms with Gasteiger partial charge in [-0.2, -0.15) is 0 Å². The van der Waals surface area contributed by atoms with Gasteiger partial charge in [0, 0.05) is 16.2 Å². The topological polar surface area (TPSA) is 64.3 Å². The fraction of sp³-hybridized carbons (Fsp3) is 0.500. The van der Waals surface area contributed by atoms with Gasteiger partial charge in [0.25, 0.3) is 0 Å². The van der Waals surface area contributed by atoms with Crippen molar-refractivity contribution in [3.05, 3.63) is 28.8 Å². The molecule has 0 aliphatic heterocycles. The van der Waals surface area contributed by atoms with Crippen molar-refractivity contribution in [2.75, 3.05) is 5.32 Å². The van der Waals surface area contributed by atoms with E-state index in [0.29, 0.717) is 10.7 Å². The molecule has 0 bridgehead atoms. The maximum absolute atomic E-state index is 11.7. The molecule has 1 aliphatic rings. The number of nitrogens with one attached hydrogen (secondary N) is 1. The van der Waals surface area contributed by atoms with Gasteiger partial charge in [-0.05, 0) is 57.4 Å². The second kappa shape index (κ2) is 4.69. The minimum atomic E-state index is -0.523. The van der Waals surface area contributed by atoms with Gasteiger partial charge >= 0.3 is 6.09 Å². The largest absolute Gasteiger partial charge is 0.444 e. The van der Waals surface area contributed by atoms with Gasteiger partial charge in [0.15, 0.2) is 0 Å². The van der Waals surface area contributed by atoms with E-state index in [9.17, 15) is 4.79 Å². The first-order chi connectivity index (χ1) is 8.70. The van der Waals surface area contributed by atoms with E-state index in [1.54, 1.807) is 12.1 Å². The van der Waals surface area contributed by atoms with Crippen LogP contribution in [-0.2, 0) is 10.3 Å². The third kappa shape index (κ3) is 3.61. The van der Waals surface area contributed by atoms with Crippen LogP contribution < -0.4 is 11.1 Å². The minimum Gasteiger partial charge on any atom is -0.444 e. The van der Waals surface area contributed by atoms with Gasteiger partial charge in [0.1, 0.15) is 5.60 Å². The number of carbonyl (C=O) groups is 1. The lowest BCUT2D eigenvalue weighted by molar-refractivity contribution is 0.0636. The Morgan fingerprint density at radius 2 is 2.05 bits per heavy atom. The molecule has 1 amide bonds. The molecule has 0 aromatic heterocycles. The Kier molecular flexibility index (Phi) is 3.49. The van der Waals surface area contributed by atoms with E-state index < -0.39 is 11.7 Å². The quantitative estimate of drug-likeness (QED) is 0.870. The van der Waals surface area contributed by atoms with Gasteiger partial charge in [-0.15, -0.1) is 0 Å². The van der Waals surface area contributed by atoms with Crippen molar-refractivity contribution in [1.82, 2.24) is 0 Å². The number of rotatable bonds is 2. The average Bonchev–Trinajstić information content (AvgIpc) is 2.97. The normalized spacial score (nSPS) is 16.9. The van der Waals surface area contributed by atoms with Crippen molar-refractivity contribution in [2.24, 2.45) is 5.73 Å². The maximum Gasteiger partial charge on any atom is 0.412 e. The van der Waals surface area contributed by atoms with Crippen LogP contribution in [0.25, 0.3) is 0 Å². The van der Waals surface area contributed by atoms with Crippen LogP contribution in [0.15, 0.2) is 18.2 Å². The summed E-state index contributed by atoms with van der Waals surface area (Å²) in [7, 11) is 0. The Morgan fingerprint density at radius 1 is 1.42 bits per heavy atom. The number of halogens is 1. The second-order valence-electron chi connectivity index (χ2n) is 5.98. The summed E-state index contributed by atoms with van der Waals surface area (Å²) in [6.07, 6.45) is 1.35. The fourth-order valence-electron chi connectivity index (χ4n) is 1.81. The molecule has 0 saturated heterocycles. The number of amides is 1. The molecule has 19 heavy (non-hydrogen) atoms. The summed E-state index contributed by atoms with van der Waals surface area (Å²) in [5.41, 5.74) is 6.81. The van der Waals surface area contributed by atoms with Crippen molar-refractivity contribution in [3.63, 3.8) is 0 Å². The number of hydrogen-bond acceptors (Lipinski definition) is 3. The smallest absolute Gasteiger partial charge is 0.412 e. The molecule has 1 aliphatic carbocycles. The van der Waals surface area contributed by atoms with Crippen molar-refractivity contribution in [1.29, 1.82) is 0 Å². The minimum absolute atomic E-state index is 0.331. The fourth-order valence-corrected chi connectivity index (χ4v) is 2.12. The molecule has 2 rings (SSSR count). The van der Waals surface area contributed by atoms with Crippen molar-refractivity contribution < 1.29 is 9.53 Å². The van der Waals surface area contributed by atoms with E-state index in [1.165, 1.54) is 0 Å². The summed E-state index contributed by atoms with van der Waals surface area (Å²) >= 11 is 6.14. The molecule has 3 N–H and O–H groups in total. The molecule has 1 aromatic rings. The number of carbonyl (C=O) groups excluding carboxylic acids is 1. The van der Waals surface area contributed by atoms with Gasteiger partial charge < -0.3 is 10.5 Å². The lowest BCUT2D eigenvalue weighted by Gasteiger charge is -2.20. The summed E-state index contributed by atoms with van der Waals surface area (Å²) < 4.78 is 5.20. The summed E-state index contributed by atoms with van der Waals surface area (Å²) in [4.78, 5) is 11.7. The van der Waals surface area contributed by atoms with E-state index in [1.807, 2.05) is 26.8 Å². The number of hydrogen-bond donors (Lipinski definition) is 2. The van der Waals surface area contributed by atoms with Crippen LogP contribution in [0.4, 0.5) is 10.5 Å². The number of nitrogens with two attached hydrogens (primary N) is 1. The summed E-state index contributed by atoms with van der Waals surface area (Å²) in [6, 6.07) is 5.30. The summed E-state index contributed by atoms with van der Waals surface area (Å²) in [6.45, 7) is 5.46. The van der Waals surface area contributed by atoms with Crippen molar-refractivity contribution >= 4 is 23.4 Å². The van der Waals surface area contributed by atoms with E-state index in [2.05, 4.69) is 5.32 Å². The number of anilines is 1. The highest BCUT2D eigenvalue weighted by Gasteiger charge is 2.41. The van der Waals surface area contributed by atoms with Crippen LogP contribution in [0.5, 0.6) is 0 Å². The SMILES string of the molecule is CC(C)(C)OC(=O)Nc1ccc(Cl)c(C2(N)CC2)c1. The first kappa shape index (κ1) is 14.2. The van der Waals surface area contributed by atoms with Gasteiger partial charge in [-0.1, -0.05) is 11.6 Å². The average molecular weight is 283 g/mol. The van der Waals surface area contributed by atoms with Crippen LogP contribution in [0, 0.1) is 0 Å². The van der Waals surface area contributed by atoms with E-state index in [-0.39, 0.29) is 5.54 Å². The lowest BCUT2D eigenvalue weighted by atomic mass is 10.1. The van der Waals surface area contributed by atoms with Gasteiger partial charge in [0.2, 0.25) is 0 Å².